The molecule has 0 aliphatic heterocycles. The van der Waals surface area contributed by atoms with Gasteiger partial charge in [-0.1, -0.05) is 60.7 Å². The fourth-order valence-corrected chi connectivity index (χ4v) is 3.02. The van der Waals surface area contributed by atoms with Crippen molar-refractivity contribution >= 4 is 11.6 Å². The van der Waals surface area contributed by atoms with Crippen LogP contribution in [0.2, 0.25) is 0 Å². The van der Waals surface area contributed by atoms with E-state index < -0.39 is 0 Å². The van der Waals surface area contributed by atoms with Gasteiger partial charge in [-0.3, -0.25) is 9.78 Å². The number of aromatic nitrogens is 1. The zero-order valence-electron chi connectivity index (χ0n) is 15.8. The van der Waals surface area contributed by atoms with Crippen LogP contribution in [0.4, 0.5) is 5.69 Å². The minimum Gasteiger partial charge on any atom is -0.377 e. The molecule has 0 fully saturated rings. The SMILES string of the molecule is CCN(Cc1ccccc1)C(=O)c1cncc(NC(C)c2ccccc2)c1. The molecule has 1 atom stereocenters. The summed E-state index contributed by atoms with van der Waals surface area (Å²) in [6.07, 6.45) is 3.39. The number of pyridine rings is 1. The zero-order chi connectivity index (χ0) is 19.1. The quantitative estimate of drug-likeness (QED) is 0.651. The van der Waals surface area contributed by atoms with E-state index in [9.17, 15) is 4.79 Å². The molecule has 27 heavy (non-hydrogen) atoms. The summed E-state index contributed by atoms with van der Waals surface area (Å²) in [5, 5.41) is 3.43. The van der Waals surface area contributed by atoms with Crippen molar-refractivity contribution in [3.8, 4) is 0 Å². The van der Waals surface area contributed by atoms with E-state index in [0.29, 0.717) is 18.7 Å². The number of nitrogens with one attached hydrogen (secondary N) is 1. The first-order valence-electron chi connectivity index (χ1n) is 9.27. The maximum Gasteiger partial charge on any atom is 0.255 e. The molecule has 1 heterocycles. The van der Waals surface area contributed by atoms with Gasteiger partial charge in [-0.2, -0.15) is 0 Å². The second-order valence-corrected chi connectivity index (χ2v) is 6.54. The standard InChI is InChI=1S/C23H25N3O/c1-3-26(17-19-10-6-4-7-11-19)23(27)21-14-22(16-24-15-21)25-18(2)20-12-8-5-9-13-20/h4-16,18,25H,3,17H2,1-2H3. The van der Waals surface area contributed by atoms with Gasteiger partial charge in [0.2, 0.25) is 0 Å². The molecule has 0 radical (unpaired) electrons. The Kier molecular flexibility index (Phi) is 6.21. The van der Waals surface area contributed by atoms with Crippen LogP contribution in [0.5, 0.6) is 0 Å². The van der Waals surface area contributed by atoms with Crippen molar-refractivity contribution in [1.29, 1.82) is 0 Å². The van der Waals surface area contributed by atoms with Crippen LogP contribution in [0.1, 0.15) is 41.4 Å². The number of amides is 1. The maximum atomic E-state index is 12.9. The lowest BCUT2D eigenvalue weighted by molar-refractivity contribution is 0.0752. The summed E-state index contributed by atoms with van der Waals surface area (Å²) in [5.74, 6) is -0.00938. The molecule has 4 nitrogen and oxygen atoms in total. The number of hydrogen-bond acceptors (Lipinski definition) is 3. The number of anilines is 1. The van der Waals surface area contributed by atoms with Crippen LogP contribution in [-0.2, 0) is 6.54 Å². The molecule has 1 amide bonds. The van der Waals surface area contributed by atoms with Gasteiger partial charge in [0, 0.05) is 31.5 Å². The molecule has 0 aliphatic rings. The molecule has 0 saturated carbocycles. The Bertz CT molecular complexity index is 865. The van der Waals surface area contributed by atoms with Crippen molar-refractivity contribution < 1.29 is 4.79 Å². The number of carbonyl (C=O) groups excluding carboxylic acids is 1. The third-order valence-electron chi connectivity index (χ3n) is 4.55. The van der Waals surface area contributed by atoms with E-state index in [2.05, 4.69) is 29.4 Å². The lowest BCUT2D eigenvalue weighted by Crippen LogP contribution is -2.30. The molecule has 2 aromatic carbocycles. The van der Waals surface area contributed by atoms with Crippen molar-refractivity contribution in [2.24, 2.45) is 0 Å². The Hall–Kier alpha value is -3.14. The Morgan fingerprint density at radius 1 is 1.04 bits per heavy atom. The van der Waals surface area contributed by atoms with E-state index >= 15 is 0 Å². The number of rotatable bonds is 7. The van der Waals surface area contributed by atoms with Gasteiger partial charge in [-0.15, -0.1) is 0 Å². The van der Waals surface area contributed by atoms with Crippen LogP contribution >= 0.6 is 0 Å². The van der Waals surface area contributed by atoms with E-state index in [1.54, 1.807) is 12.4 Å². The summed E-state index contributed by atoms with van der Waals surface area (Å²) >= 11 is 0. The summed E-state index contributed by atoms with van der Waals surface area (Å²) in [6.45, 7) is 5.32. The lowest BCUT2D eigenvalue weighted by atomic mass is 10.1. The molecule has 4 heteroatoms. The Morgan fingerprint density at radius 3 is 2.37 bits per heavy atom. The normalized spacial score (nSPS) is 11.6. The van der Waals surface area contributed by atoms with Crippen LogP contribution in [0.15, 0.2) is 79.1 Å². The van der Waals surface area contributed by atoms with Crippen molar-refractivity contribution in [3.05, 3.63) is 95.8 Å². The molecule has 0 spiro atoms. The van der Waals surface area contributed by atoms with E-state index in [-0.39, 0.29) is 11.9 Å². The van der Waals surface area contributed by atoms with E-state index in [0.717, 1.165) is 11.3 Å². The summed E-state index contributed by atoms with van der Waals surface area (Å²) in [7, 11) is 0. The Morgan fingerprint density at radius 2 is 1.70 bits per heavy atom. The fourth-order valence-electron chi connectivity index (χ4n) is 3.02. The van der Waals surface area contributed by atoms with E-state index in [1.165, 1.54) is 5.56 Å². The second-order valence-electron chi connectivity index (χ2n) is 6.54. The average Bonchev–Trinajstić information content (AvgIpc) is 2.73. The van der Waals surface area contributed by atoms with Crippen molar-refractivity contribution in [2.75, 3.05) is 11.9 Å². The molecular weight excluding hydrogens is 334 g/mol. The van der Waals surface area contributed by atoms with Crippen LogP contribution in [0.3, 0.4) is 0 Å². The summed E-state index contributed by atoms with van der Waals surface area (Å²) in [4.78, 5) is 19.0. The summed E-state index contributed by atoms with van der Waals surface area (Å²) < 4.78 is 0. The predicted octanol–water partition coefficient (Wildman–Crippen LogP) is 4.92. The first-order valence-corrected chi connectivity index (χ1v) is 9.27. The van der Waals surface area contributed by atoms with E-state index in [1.807, 2.05) is 66.4 Å². The Balaban J connectivity index is 1.72. The van der Waals surface area contributed by atoms with Crippen LogP contribution in [-0.4, -0.2) is 22.3 Å². The van der Waals surface area contributed by atoms with Crippen LogP contribution < -0.4 is 5.32 Å². The smallest absolute Gasteiger partial charge is 0.255 e. The highest BCUT2D eigenvalue weighted by molar-refractivity contribution is 5.94. The first kappa shape index (κ1) is 18.6. The highest BCUT2D eigenvalue weighted by Gasteiger charge is 2.16. The molecule has 0 aliphatic carbocycles. The highest BCUT2D eigenvalue weighted by Crippen LogP contribution is 2.20. The van der Waals surface area contributed by atoms with Gasteiger partial charge in [0.1, 0.15) is 0 Å². The van der Waals surface area contributed by atoms with Gasteiger partial charge in [0.25, 0.3) is 5.91 Å². The van der Waals surface area contributed by atoms with Gasteiger partial charge >= 0.3 is 0 Å². The van der Waals surface area contributed by atoms with Gasteiger partial charge in [0.15, 0.2) is 0 Å². The highest BCUT2D eigenvalue weighted by atomic mass is 16.2. The molecule has 3 aromatic rings. The fraction of sp³-hybridized carbons (Fsp3) is 0.217. The minimum atomic E-state index is -0.00938. The molecule has 1 aromatic heterocycles. The Labute approximate surface area is 160 Å². The number of benzene rings is 2. The summed E-state index contributed by atoms with van der Waals surface area (Å²) in [6, 6.07) is 22.3. The number of hydrogen-bond donors (Lipinski definition) is 1. The molecular formula is C23H25N3O. The largest absolute Gasteiger partial charge is 0.377 e. The average molecular weight is 359 g/mol. The third-order valence-corrected chi connectivity index (χ3v) is 4.55. The molecule has 3 rings (SSSR count). The number of nitrogens with zero attached hydrogens (tertiary/aromatic N) is 2. The van der Waals surface area contributed by atoms with Crippen molar-refractivity contribution in [3.63, 3.8) is 0 Å². The van der Waals surface area contributed by atoms with Crippen LogP contribution in [0.25, 0.3) is 0 Å². The molecule has 0 saturated heterocycles. The molecule has 0 bridgehead atoms. The lowest BCUT2D eigenvalue weighted by Gasteiger charge is -2.22. The van der Waals surface area contributed by atoms with Gasteiger partial charge in [-0.05, 0) is 31.0 Å². The summed E-state index contributed by atoms with van der Waals surface area (Å²) in [5.41, 5.74) is 3.74. The van der Waals surface area contributed by atoms with Gasteiger partial charge in [0.05, 0.1) is 11.3 Å². The number of carbonyl (C=O) groups is 1. The monoisotopic (exact) mass is 359 g/mol. The first-order chi connectivity index (χ1) is 13.2. The minimum absolute atomic E-state index is 0.00938. The van der Waals surface area contributed by atoms with Gasteiger partial charge in [-0.25, -0.2) is 0 Å². The zero-order valence-corrected chi connectivity index (χ0v) is 15.8. The molecule has 1 unspecified atom stereocenters. The maximum absolute atomic E-state index is 12.9. The second kappa shape index (κ2) is 8.99. The third kappa shape index (κ3) is 4.94. The molecule has 1 N–H and O–H groups in total. The van der Waals surface area contributed by atoms with Gasteiger partial charge < -0.3 is 10.2 Å². The molecule has 138 valence electrons. The van der Waals surface area contributed by atoms with Crippen molar-refractivity contribution in [1.82, 2.24) is 9.88 Å². The predicted molar refractivity (Wildman–Crippen MR) is 110 cm³/mol. The van der Waals surface area contributed by atoms with E-state index in [4.69, 9.17) is 0 Å². The van der Waals surface area contributed by atoms with Crippen LogP contribution in [0, 0.1) is 0 Å². The topological polar surface area (TPSA) is 45.2 Å². The van der Waals surface area contributed by atoms with Crippen molar-refractivity contribution in [2.45, 2.75) is 26.4 Å².